The van der Waals surface area contributed by atoms with Crippen LogP contribution in [0.3, 0.4) is 0 Å². The summed E-state index contributed by atoms with van der Waals surface area (Å²) in [5, 5.41) is 8.19. The Balaban J connectivity index is 1.40. The molecule has 1 aliphatic heterocycles. The van der Waals surface area contributed by atoms with Crippen molar-refractivity contribution in [1.29, 1.82) is 0 Å². The first-order valence-electron chi connectivity index (χ1n) is 9.49. The number of carbonyl (C=O) groups is 1. The summed E-state index contributed by atoms with van der Waals surface area (Å²) in [6.07, 6.45) is 6.81. The Morgan fingerprint density at radius 1 is 1.11 bits per heavy atom. The third-order valence-electron chi connectivity index (χ3n) is 4.83. The maximum absolute atomic E-state index is 12.6. The lowest BCUT2D eigenvalue weighted by atomic mass is 10.1. The molecule has 1 saturated heterocycles. The van der Waals surface area contributed by atoms with Crippen LogP contribution in [-0.4, -0.2) is 38.7 Å². The largest absolute Gasteiger partial charge is 0.363 e. The highest BCUT2D eigenvalue weighted by Crippen LogP contribution is 2.22. The van der Waals surface area contributed by atoms with Crippen molar-refractivity contribution >= 4 is 23.3 Å². The van der Waals surface area contributed by atoms with Gasteiger partial charge in [-0.15, -0.1) is 0 Å². The van der Waals surface area contributed by atoms with Gasteiger partial charge in [0.25, 0.3) is 5.91 Å². The Kier molecular flexibility index (Phi) is 5.58. The van der Waals surface area contributed by atoms with Crippen molar-refractivity contribution in [3.63, 3.8) is 0 Å². The molecule has 0 saturated carbocycles. The number of pyridine rings is 1. The number of nitrogens with zero attached hydrogens (tertiary/aromatic N) is 4. The Labute approximate surface area is 169 Å². The molecule has 1 fully saturated rings. The molecule has 0 radical (unpaired) electrons. The number of piperidine rings is 1. The van der Waals surface area contributed by atoms with E-state index in [0.717, 1.165) is 37.3 Å². The summed E-state index contributed by atoms with van der Waals surface area (Å²) in [7, 11) is 0. The predicted molar refractivity (Wildman–Crippen MR) is 110 cm³/mol. The van der Waals surface area contributed by atoms with Crippen LogP contribution < -0.4 is 5.32 Å². The Bertz CT molecular complexity index is 950. The average molecular weight is 396 g/mol. The van der Waals surface area contributed by atoms with Gasteiger partial charge in [0.05, 0.1) is 28.5 Å². The fourth-order valence-electron chi connectivity index (χ4n) is 3.32. The van der Waals surface area contributed by atoms with Gasteiger partial charge in [-0.1, -0.05) is 29.8 Å². The highest BCUT2D eigenvalue weighted by Gasteiger charge is 2.19. The van der Waals surface area contributed by atoms with Gasteiger partial charge in [0.15, 0.2) is 0 Å². The SMILES string of the molecule is O=C(c1cnc(NCc2ccn(-c3ccccc3)n2)c(Cl)c1)N1CCCCC1. The Morgan fingerprint density at radius 3 is 2.64 bits per heavy atom. The quantitative estimate of drug-likeness (QED) is 0.704. The molecule has 0 atom stereocenters. The normalized spacial score (nSPS) is 14.1. The van der Waals surface area contributed by atoms with Gasteiger partial charge in [0, 0.05) is 25.5 Å². The van der Waals surface area contributed by atoms with Gasteiger partial charge in [0.2, 0.25) is 0 Å². The molecule has 0 aliphatic carbocycles. The number of nitrogens with one attached hydrogen (secondary N) is 1. The number of aromatic nitrogens is 3. The fraction of sp³-hybridized carbons (Fsp3) is 0.286. The summed E-state index contributed by atoms with van der Waals surface area (Å²) in [5.74, 6) is 0.549. The standard InChI is InChI=1S/C21H22ClN5O/c22-19-13-16(21(28)26-10-5-2-6-11-26)14-23-20(19)24-15-17-9-12-27(25-17)18-7-3-1-4-8-18/h1,3-4,7-9,12-14H,2,5-6,10-11,15H2,(H,23,24). The first kappa shape index (κ1) is 18.5. The third-order valence-corrected chi connectivity index (χ3v) is 5.12. The number of halogens is 1. The zero-order chi connectivity index (χ0) is 19.3. The van der Waals surface area contributed by atoms with Gasteiger partial charge >= 0.3 is 0 Å². The summed E-state index contributed by atoms with van der Waals surface area (Å²) < 4.78 is 1.83. The van der Waals surface area contributed by atoms with Crippen LogP contribution in [0.5, 0.6) is 0 Å². The lowest BCUT2D eigenvalue weighted by Gasteiger charge is -2.26. The molecule has 2 aromatic heterocycles. The summed E-state index contributed by atoms with van der Waals surface area (Å²) >= 11 is 6.36. The van der Waals surface area contributed by atoms with Crippen molar-refractivity contribution in [3.8, 4) is 5.69 Å². The van der Waals surface area contributed by atoms with Gasteiger partial charge in [-0.25, -0.2) is 9.67 Å². The van der Waals surface area contributed by atoms with Crippen LogP contribution in [0.1, 0.15) is 35.3 Å². The van der Waals surface area contributed by atoms with Crippen LogP contribution in [-0.2, 0) is 6.54 Å². The van der Waals surface area contributed by atoms with E-state index in [9.17, 15) is 4.79 Å². The highest BCUT2D eigenvalue weighted by atomic mass is 35.5. The lowest BCUT2D eigenvalue weighted by molar-refractivity contribution is 0.0724. The van der Waals surface area contributed by atoms with E-state index in [4.69, 9.17) is 11.6 Å². The molecule has 1 N–H and O–H groups in total. The first-order chi connectivity index (χ1) is 13.7. The van der Waals surface area contributed by atoms with Gasteiger partial charge < -0.3 is 10.2 Å². The van der Waals surface area contributed by atoms with Crippen molar-refractivity contribution < 1.29 is 4.79 Å². The molecule has 3 heterocycles. The molecule has 1 amide bonds. The molecule has 3 aromatic rings. The van der Waals surface area contributed by atoms with Gasteiger partial charge in [-0.2, -0.15) is 5.10 Å². The van der Waals surface area contributed by atoms with Gasteiger partial charge in [0.1, 0.15) is 5.82 Å². The molecule has 7 heteroatoms. The zero-order valence-electron chi connectivity index (χ0n) is 15.5. The first-order valence-corrected chi connectivity index (χ1v) is 9.87. The minimum Gasteiger partial charge on any atom is -0.363 e. The van der Waals surface area contributed by atoms with Crippen molar-refractivity contribution in [2.45, 2.75) is 25.8 Å². The number of anilines is 1. The van der Waals surface area contributed by atoms with Crippen LogP contribution in [0, 0.1) is 0 Å². The zero-order valence-corrected chi connectivity index (χ0v) is 16.3. The van der Waals surface area contributed by atoms with E-state index in [0.29, 0.717) is 22.9 Å². The minimum atomic E-state index is 0.00209. The highest BCUT2D eigenvalue weighted by molar-refractivity contribution is 6.33. The molecule has 144 valence electrons. The molecule has 1 aromatic carbocycles. The molecule has 4 rings (SSSR count). The van der Waals surface area contributed by atoms with Crippen molar-refractivity contribution in [3.05, 3.63) is 71.1 Å². The van der Waals surface area contributed by atoms with Crippen LogP contribution in [0.25, 0.3) is 5.69 Å². The maximum atomic E-state index is 12.6. The van der Waals surface area contributed by atoms with Crippen LogP contribution in [0.2, 0.25) is 5.02 Å². The van der Waals surface area contributed by atoms with E-state index in [1.807, 2.05) is 52.2 Å². The number of hydrogen-bond acceptors (Lipinski definition) is 4. The van der Waals surface area contributed by atoms with E-state index >= 15 is 0 Å². The number of benzene rings is 1. The summed E-state index contributed by atoms with van der Waals surface area (Å²) in [6.45, 7) is 2.10. The van der Waals surface area contributed by atoms with Crippen LogP contribution >= 0.6 is 11.6 Å². The third kappa shape index (κ3) is 4.17. The fourth-order valence-corrected chi connectivity index (χ4v) is 3.55. The summed E-state index contributed by atoms with van der Waals surface area (Å²) in [4.78, 5) is 18.8. The lowest BCUT2D eigenvalue weighted by Crippen LogP contribution is -2.35. The summed E-state index contributed by atoms with van der Waals surface area (Å²) in [6, 6.07) is 13.6. The Morgan fingerprint density at radius 2 is 1.89 bits per heavy atom. The molecule has 28 heavy (non-hydrogen) atoms. The van der Waals surface area contributed by atoms with Crippen molar-refractivity contribution in [2.24, 2.45) is 0 Å². The van der Waals surface area contributed by atoms with E-state index in [1.54, 1.807) is 12.3 Å². The molecular weight excluding hydrogens is 374 g/mol. The molecule has 0 unspecified atom stereocenters. The molecule has 0 bridgehead atoms. The Hall–Kier alpha value is -2.86. The second-order valence-electron chi connectivity index (χ2n) is 6.85. The second kappa shape index (κ2) is 8.44. The number of likely N-dealkylation sites (tertiary alicyclic amines) is 1. The van der Waals surface area contributed by atoms with E-state index < -0.39 is 0 Å². The predicted octanol–water partition coefficient (Wildman–Crippen LogP) is 4.16. The van der Waals surface area contributed by atoms with Crippen molar-refractivity contribution in [1.82, 2.24) is 19.7 Å². The second-order valence-corrected chi connectivity index (χ2v) is 7.26. The number of para-hydroxylation sites is 1. The number of hydrogen-bond donors (Lipinski definition) is 1. The number of rotatable bonds is 5. The number of carbonyl (C=O) groups excluding carboxylic acids is 1. The average Bonchev–Trinajstić information content (AvgIpc) is 3.23. The van der Waals surface area contributed by atoms with E-state index in [2.05, 4.69) is 15.4 Å². The van der Waals surface area contributed by atoms with E-state index in [-0.39, 0.29) is 5.91 Å². The maximum Gasteiger partial charge on any atom is 0.255 e. The topological polar surface area (TPSA) is 63.1 Å². The van der Waals surface area contributed by atoms with Crippen LogP contribution in [0.15, 0.2) is 54.9 Å². The molecular formula is C21H22ClN5O. The minimum absolute atomic E-state index is 0.00209. The molecule has 6 nitrogen and oxygen atoms in total. The van der Waals surface area contributed by atoms with E-state index in [1.165, 1.54) is 6.42 Å². The van der Waals surface area contributed by atoms with Crippen LogP contribution in [0.4, 0.5) is 5.82 Å². The van der Waals surface area contributed by atoms with Gasteiger partial charge in [-0.3, -0.25) is 4.79 Å². The monoisotopic (exact) mass is 395 g/mol. The summed E-state index contributed by atoms with van der Waals surface area (Å²) in [5.41, 5.74) is 2.41. The van der Waals surface area contributed by atoms with Crippen molar-refractivity contribution in [2.75, 3.05) is 18.4 Å². The number of amides is 1. The molecule has 1 aliphatic rings. The molecule has 0 spiro atoms. The van der Waals surface area contributed by atoms with Gasteiger partial charge in [-0.05, 0) is 43.5 Å². The smallest absolute Gasteiger partial charge is 0.255 e.